The van der Waals surface area contributed by atoms with Gasteiger partial charge in [0.25, 0.3) is 5.91 Å². The van der Waals surface area contributed by atoms with Crippen LogP contribution in [0, 0.1) is 0 Å². The number of ether oxygens (including phenoxy) is 1. The van der Waals surface area contributed by atoms with Gasteiger partial charge in [0.1, 0.15) is 5.75 Å². The van der Waals surface area contributed by atoms with Crippen molar-refractivity contribution in [3.05, 3.63) is 41.1 Å². The highest BCUT2D eigenvalue weighted by Gasteiger charge is 2.39. The maximum Gasteiger partial charge on any atom is 0.319 e. The number of benzene rings is 1. The first-order valence-electron chi connectivity index (χ1n) is 7.96. The Morgan fingerprint density at radius 1 is 1.22 bits per heavy atom. The predicted molar refractivity (Wildman–Crippen MR) is 85.9 cm³/mol. The molecule has 6 nitrogen and oxygen atoms in total. The van der Waals surface area contributed by atoms with Crippen LogP contribution in [0.4, 0.5) is 4.79 Å². The zero-order chi connectivity index (χ0) is 16.4. The lowest BCUT2D eigenvalue weighted by Crippen LogP contribution is -2.44. The second-order valence-corrected chi connectivity index (χ2v) is 5.65. The zero-order valence-corrected chi connectivity index (χ0v) is 13.4. The second kappa shape index (κ2) is 6.32. The standard InChI is InChI=1S/C17H21N3O3/c1-3-9-20-10-13-14(16(20)21)15(19-17(22)18-13)11-5-7-12(8-6-11)23-4-2/h5-8,15H,3-4,9-10H2,1-2H3,(H2,18,19,22)/t15-/m0/s1. The van der Waals surface area contributed by atoms with Gasteiger partial charge in [0, 0.05) is 6.54 Å². The van der Waals surface area contributed by atoms with Gasteiger partial charge in [0.2, 0.25) is 0 Å². The summed E-state index contributed by atoms with van der Waals surface area (Å²) in [5, 5.41) is 5.62. The Balaban J connectivity index is 1.90. The Kier molecular flexibility index (Phi) is 4.23. The van der Waals surface area contributed by atoms with Gasteiger partial charge < -0.3 is 20.3 Å². The number of amides is 3. The minimum atomic E-state index is -0.413. The molecule has 0 saturated carbocycles. The summed E-state index contributed by atoms with van der Waals surface area (Å²) in [6.07, 6.45) is 0.890. The van der Waals surface area contributed by atoms with Crippen molar-refractivity contribution in [1.82, 2.24) is 15.5 Å². The fourth-order valence-corrected chi connectivity index (χ4v) is 3.05. The van der Waals surface area contributed by atoms with Crippen LogP contribution in [0.15, 0.2) is 35.5 Å². The third-order valence-electron chi connectivity index (χ3n) is 4.04. The smallest absolute Gasteiger partial charge is 0.319 e. The number of hydrogen-bond donors (Lipinski definition) is 2. The van der Waals surface area contributed by atoms with Crippen molar-refractivity contribution in [2.24, 2.45) is 0 Å². The Bertz CT molecular complexity index is 652. The fraction of sp³-hybridized carbons (Fsp3) is 0.412. The highest BCUT2D eigenvalue weighted by molar-refractivity contribution is 6.01. The minimum Gasteiger partial charge on any atom is -0.494 e. The van der Waals surface area contributed by atoms with Crippen LogP contribution in [0.5, 0.6) is 5.75 Å². The fourth-order valence-electron chi connectivity index (χ4n) is 3.05. The molecule has 2 heterocycles. The lowest BCUT2D eigenvalue weighted by Gasteiger charge is -2.25. The molecule has 2 aliphatic heterocycles. The summed E-state index contributed by atoms with van der Waals surface area (Å²) in [4.78, 5) is 26.3. The maximum absolute atomic E-state index is 12.6. The molecular formula is C17H21N3O3. The number of rotatable bonds is 5. The highest BCUT2D eigenvalue weighted by atomic mass is 16.5. The molecule has 2 aliphatic rings. The first-order valence-corrected chi connectivity index (χ1v) is 7.96. The van der Waals surface area contributed by atoms with Gasteiger partial charge in [-0.3, -0.25) is 4.79 Å². The van der Waals surface area contributed by atoms with Crippen LogP contribution in [0.25, 0.3) is 0 Å². The maximum atomic E-state index is 12.6. The summed E-state index contributed by atoms with van der Waals surface area (Å²) in [6, 6.07) is 6.81. The van der Waals surface area contributed by atoms with Crippen LogP contribution in [0.2, 0.25) is 0 Å². The number of carbonyl (C=O) groups is 2. The molecule has 3 rings (SSSR count). The van der Waals surface area contributed by atoms with Crippen LogP contribution in [0.3, 0.4) is 0 Å². The van der Waals surface area contributed by atoms with E-state index in [9.17, 15) is 9.59 Å². The summed E-state index contributed by atoms with van der Waals surface area (Å²) in [7, 11) is 0. The molecule has 0 aliphatic carbocycles. The molecule has 6 heteroatoms. The van der Waals surface area contributed by atoms with E-state index in [1.807, 2.05) is 38.1 Å². The lowest BCUT2D eigenvalue weighted by molar-refractivity contribution is -0.125. The van der Waals surface area contributed by atoms with E-state index in [4.69, 9.17) is 4.74 Å². The van der Waals surface area contributed by atoms with Crippen LogP contribution < -0.4 is 15.4 Å². The van der Waals surface area contributed by atoms with E-state index in [2.05, 4.69) is 10.6 Å². The van der Waals surface area contributed by atoms with Crippen molar-refractivity contribution >= 4 is 11.9 Å². The topological polar surface area (TPSA) is 70.7 Å². The van der Waals surface area contributed by atoms with E-state index in [1.165, 1.54) is 0 Å². The van der Waals surface area contributed by atoms with Gasteiger partial charge in [0.05, 0.1) is 30.5 Å². The van der Waals surface area contributed by atoms with Crippen molar-refractivity contribution in [2.75, 3.05) is 19.7 Å². The molecular weight excluding hydrogens is 294 g/mol. The predicted octanol–water partition coefficient (Wildman–Crippen LogP) is 1.95. The van der Waals surface area contributed by atoms with E-state index >= 15 is 0 Å². The number of nitrogens with one attached hydrogen (secondary N) is 2. The van der Waals surface area contributed by atoms with Crippen molar-refractivity contribution < 1.29 is 14.3 Å². The normalized spacial score (nSPS) is 20.3. The molecule has 1 aromatic rings. The van der Waals surface area contributed by atoms with Crippen LogP contribution in [-0.2, 0) is 4.79 Å². The first kappa shape index (κ1) is 15.4. The number of hydrogen-bond acceptors (Lipinski definition) is 3. The van der Waals surface area contributed by atoms with Crippen LogP contribution in [0.1, 0.15) is 31.9 Å². The van der Waals surface area contributed by atoms with Gasteiger partial charge in [-0.05, 0) is 31.0 Å². The Labute approximate surface area is 135 Å². The van der Waals surface area contributed by atoms with Crippen molar-refractivity contribution in [3.63, 3.8) is 0 Å². The molecule has 0 aromatic heterocycles. The van der Waals surface area contributed by atoms with Gasteiger partial charge in [-0.1, -0.05) is 19.1 Å². The van der Waals surface area contributed by atoms with Crippen molar-refractivity contribution in [3.8, 4) is 5.75 Å². The van der Waals surface area contributed by atoms with Crippen LogP contribution in [-0.4, -0.2) is 36.5 Å². The van der Waals surface area contributed by atoms with E-state index in [0.29, 0.717) is 31.0 Å². The molecule has 3 amide bonds. The molecule has 0 unspecified atom stereocenters. The van der Waals surface area contributed by atoms with E-state index in [1.54, 1.807) is 4.90 Å². The molecule has 0 radical (unpaired) electrons. The van der Waals surface area contributed by atoms with Gasteiger partial charge >= 0.3 is 6.03 Å². The Morgan fingerprint density at radius 2 is 1.96 bits per heavy atom. The zero-order valence-electron chi connectivity index (χ0n) is 13.4. The molecule has 2 N–H and O–H groups in total. The minimum absolute atomic E-state index is 0.00626. The summed E-state index contributed by atoms with van der Waals surface area (Å²) in [5.74, 6) is 0.768. The molecule has 0 fully saturated rings. The molecule has 0 bridgehead atoms. The SMILES string of the molecule is CCCN1CC2=C(C1=O)[C@H](c1ccc(OCC)cc1)NC(=O)N2. The van der Waals surface area contributed by atoms with E-state index < -0.39 is 6.04 Å². The molecule has 0 saturated heterocycles. The number of nitrogens with zero attached hydrogens (tertiary/aromatic N) is 1. The molecule has 1 aromatic carbocycles. The van der Waals surface area contributed by atoms with Gasteiger partial charge in [-0.2, -0.15) is 0 Å². The Hall–Kier alpha value is -2.50. The Morgan fingerprint density at radius 3 is 2.61 bits per heavy atom. The van der Waals surface area contributed by atoms with E-state index in [0.717, 1.165) is 17.7 Å². The highest BCUT2D eigenvalue weighted by Crippen LogP contribution is 2.33. The quantitative estimate of drug-likeness (QED) is 0.872. The molecule has 23 heavy (non-hydrogen) atoms. The molecule has 0 spiro atoms. The number of carbonyl (C=O) groups excluding carboxylic acids is 2. The second-order valence-electron chi connectivity index (χ2n) is 5.65. The van der Waals surface area contributed by atoms with Gasteiger partial charge in [-0.25, -0.2) is 4.79 Å². The third-order valence-corrected chi connectivity index (χ3v) is 4.04. The van der Waals surface area contributed by atoms with Crippen molar-refractivity contribution in [1.29, 1.82) is 0 Å². The average molecular weight is 315 g/mol. The van der Waals surface area contributed by atoms with Gasteiger partial charge in [0.15, 0.2) is 0 Å². The average Bonchev–Trinajstić information content (AvgIpc) is 2.84. The molecule has 1 atom stereocenters. The summed E-state index contributed by atoms with van der Waals surface area (Å²) >= 11 is 0. The van der Waals surface area contributed by atoms with Gasteiger partial charge in [-0.15, -0.1) is 0 Å². The number of urea groups is 1. The summed E-state index contributed by atoms with van der Waals surface area (Å²) in [5.41, 5.74) is 2.23. The summed E-state index contributed by atoms with van der Waals surface area (Å²) in [6.45, 7) is 5.73. The molecule has 122 valence electrons. The largest absolute Gasteiger partial charge is 0.494 e. The summed E-state index contributed by atoms with van der Waals surface area (Å²) < 4.78 is 5.44. The third kappa shape index (κ3) is 2.88. The van der Waals surface area contributed by atoms with Crippen LogP contribution >= 0.6 is 0 Å². The van der Waals surface area contributed by atoms with Crippen molar-refractivity contribution in [2.45, 2.75) is 26.3 Å². The lowest BCUT2D eigenvalue weighted by atomic mass is 9.96. The first-order chi connectivity index (χ1) is 11.1. The monoisotopic (exact) mass is 315 g/mol. The van der Waals surface area contributed by atoms with E-state index in [-0.39, 0.29) is 11.9 Å².